The lowest BCUT2D eigenvalue weighted by molar-refractivity contribution is -0.145. The fraction of sp³-hybridized carbons (Fsp3) is 0.333. The number of amides is 1. The molecule has 0 saturated carbocycles. The third kappa shape index (κ3) is 3.39. The van der Waals surface area contributed by atoms with E-state index >= 15 is 0 Å². The van der Waals surface area contributed by atoms with Crippen LogP contribution in [0.25, 0.3) is 17.1 Å². The molecule has 1 N–H and O–H groups in total. The van der Waals surface area contributed by atoms with Crippen LogP contribution in [0.4, 0.5) is 0 Å². The van der Waals surface area contributed by atoms with E-state index in [4.69, 9.17) is 12.2 Å². The highest BCUT2D eigenvalue weighted by Crippen LogP contribution is 2.35. The number of thioether (sulfide) groups is 1. The number of rotatable bonds is 6. The van der Waals surface area contributed by atoms with E-state index in [1.807, 2.05) is 42.8 Å². The number of carboxylic acid groups (broad SMARTS) is 1. The zero-order valence-corrected chi connectivity index (χ0v) is 16.1. The van der Waals surface area contributed by atoms with Crippen LogP contribution in [0.2, 0.25) is 0 Å². The second kappa shape index (κ2) is 7.59. The molecule has 1 atom stereocenters. The molecule has 26 heavy (non-hydrogen) atoms. The predicted molar refractivity (Wildman–Crippen MR) is 107 cm³/mol. The summed E-state index contributed by atoms with van der Waals surface area (Å²) in [5.41, 5.74) is 1.80. The van der Waals surface area contributed by atoms with Crippen molar-refractivity contribution in [1.82, 2.24) is 14.5 Å². The van der Waals surface area contributed by atoms with E-state index in [0.717, 1.165) is 35.6 Å². The van der Waals surface area contributed by atoms with Gasteiger partial charge in [-0.15, -0.1) is 0 Å². The number of unbranched alkanes of at least 4 members (excludes halogenated alkanes) is 1. The van der Waals surface area contributed by atoms with Crippen LogP contribution in [0.5, 0.6) is 0 Å². The SMILES string of the molecule is CCCCC(C(=O)O)N1C(=O)C(=Cc2nc3ccccc3n2C)SC1=S. The van der Waals surface area contributed by atoms with Gasteiger partial charge in [-0.05, 0) is 18.6 Å². The largest absolute Gasteiger partial charge is 0.480 e. The lowest BCUT2D eigenvalue weighted by Crippen LogP contribution is -2.43. The Bertz CT molecular complexity index is 920. The van der Waals surface area contributed by atoms with Gasteiger partial charge >= 0.3 is 5.97 Å². The van der Waals surface area contributed by atoms with Crippen molar-refractivity contribution in [3.63, 3.8) is 0 Å². The normalized spacial score (nSPS) is 17.5. The van der Waals surface area contributed by atoms with Crippen LogP contribution in [0.1, 0.15) is 32.0 Å². The highest BCUT2D eigenvalue weighted by Gasteiger charge is 2.40. The number of hydrogen-bond donors (Lipinski definition) is 1. The molecule has 0 radical (unpaired) electrons. The number of hydrogen-bond acceptors (Lipinski definition) is 5. The van der Waals surface area contributed by atoms with E-state index in [2.05, 4.69) is 4.98 Å². The maximum atomic E-state index is 12.8. The van der Waals surface area contributed by atoms with Gasteiger partial charge in [-0.2, -0.15) is 0 Å². The zero-order valence-electron chi connectivity index (χ0n) is 14.5. The molecule has 1 aromatic heterocycles. The van der Waals surface area contributed by atoms with Gasteiger partial charge in [0, 0.05) is 13.1 Å². The summed E-state index contributed by atoms with van der Waals surface area (Å²) in [5.74, 6) is -0.763. The van der Waals surface area contributed by atoms with Crippen LogP contribution in [0.3, 0.4) is 0 Å². The second-order valence-electron chi connectivity index (χ2n) is 6.07. The highest BCUT2D eigenvalue weighted by molar-refractivity contribution is 8.26. The molecule has 2 heterocycles. The number of fused-ring (bicyclic) bond motifs is 1. The predicted octanol–water partition coefficient (Wildman–Crippen LogP) is 3.42. The zero-order chi connectivity index (χ0) is 18.8. The Kier molecular flexibility index (Phi) is 5.43. The summed E-state index contributed by atoms with van der Waals surface area (Å²) in [6.45, 7) is 1.98. The third-order valence-corrected chi connectivity index (χ3v) is 5.66. The molecule has 1 aliphatic rings. The Morgan fingerprint density at radius 3 is 2.81 bits per heavy atom. The first-order valence-corrected chi connectivity index (χ1v) is 9.57. The standard InChI is InChI=1S/C18H19N3O3S2/c1-3-4-8-13(17(23)24)21-16(22)14(26-18(21)25)10-15-19-11-7-5-6-9-12(11)20(15)2/h5-7,9-10,13H,3-4,8H2,1-2H3,(H,23,24). The van der Waals surface area contributed by atoms with Gasteiger partial charge in [0.15, 0.2) is 0 Å². The first-order chi connectivity index (χ1) is 12.4. The molecule has 1 aliphatic heterocycles. The molecule has 0 aliphatic carbocycles. The summed E-state index contributed by atoms with van der Waals surface area (Å²) < 4.78 is 2.18. The Hall–Kier alpha value is -2.19. The smallest absolute Gasteiger partial charge is 0.326 e. The number of nitrogens with zero attached hydrogens (tertiary/aromatic N) is 3. The van der Waals surface area contributed by atoms with E-state index in [0.29, 0.717) is 17.2 Å². The molecule has 6 nitrogen and oxygen atoms in total. The van der Waals surface area contributed by atoms with Crippen molar-refractivity contribution in [3.05, 3.63) is 35.0 Å². The summed E-state index contributed by atoms with van der Waals surface area (Å²) in [7, 11) is 1.88. The number of aromatic nitrogens is 2. The Morgan fingerprint density at radius 2 is 2.15 bits per heavy atom. The number of carboxylic acids is 1. The van der Waals surface area contributed by atoms with Crippen molar-refractivity contribution in [1.29, 1.82) is 0 Å². The fourth-order valence-corrected chi connectivity index (χ4v) is 4.25. The molecule has 3 rings (SSSR count). The average Bonchev–Trinajstić information content (AvgIpc) is 3.07. The summed E-state index contributed by atoms with van der Waals surface area (Å²) in [4.78, 5) is 30.6. The van der Waals surface area contributed by atoms with Gasteiger partial charge in [-0.25, -0.2) is 9.78 Å². The Morgan fingerprint density at radius 1 is 1.42 bits per heavy atom. The molecule has 1 aromatic carbocycles. The monoisotopic (exact) mass is 389 g/mol. The lowest BCUT2D eigenvalue weighted by Gasteiger charge is -2.22. The van der Waals surface area contributed by atoms with Crippen molar-refractivity contribution in [2.75, 3.05) is 0 Å². The summed E-state index contributed by atoms with van der Waals surface area (Å²) in [5, 5.41) is 9.51. The van der Waals surface area contributed by atoms with E-state index in [9.17, 15) is 14.7 Å². The minimum absolute atomic E-state index is 0.281. The van der Waals surface area contributed by atoms with Crippen LogP contribution in [0.15, 0.2) is 29.2 Å². The van der Waals surface area contributed by atoms with Crippen molar-refractivity contribution >= 4 is 57.3 Å². The van der Waals surface area contributed by atoms with E-state index in [1.54, 1.807) is 6.08 Å². The molecular formula is C18H19N3O3S2. The Labute approximate surface area is 160 Å². The topological polar surface area (TPSA) is 75.4 Å². The number of para-hydroxylation sites is 2. The van der Waals surface area contributed by atoms with E-state index in [1.165, 1.54) is 4.90 Å². The van der Waals surface area contributed by atoms with Crippen molar-refractivity contribution < 1.29 is 14.7 Å². The molecular weight excluding hydrogens is 370 g/mol. The Balaban J connectivity index is 1.93. The van der Waals surface area contributed by atoms with Gasteiger partial charge in [0.25, 0.3) is 5.91 Å². The van der Waals surface area contributed by atoms with Crippen LogP contribution in [-0.4, -0.2) is 41.8 Å². The maximum absolute atomic E-state index is 12.8. The van der Waals surface area contributed by atoms with Crippen LogP contribution < -0.4 is 0 Å². The number of imidazole rings is 1. The average molecular weight is 390 g/mol. The van der Waals surface area contributed by atoms with Crippen LogP contribution in [-0.2, 0) is 16.6 Å². The van der Waals surface area contributed by atoms with Crippen molar-refractivity contribution in [2.24, 2.45) is 7.05 Å². The first-order valence-electron chi connectivity index (χ1n) is 8.35. The van der Waals surface area contributed by atoms with E-state index < -0.39 is 12.0 Å². The summed E-state index contributed by atoms with van der Waals surface area (Å²) >= 11 is 6.42. The first kappa shape index (κ1) is 18.6. The number of aliphatic carboxylic acids is 1. The van der Waals surface area contributed by atoms with Crippen LogP contribution >= 0.6 is 24.0 Å². The molecule has 1 fully saturated rings. The fourth-order valence-electron chi connectivity index (χ4n) is 2.92. The van der Waals surface area contributed by atoms with E-state index in [-0.39, 0.29) is 10.2 Å². The molecule has 0 bridgehead atoms. The number of aryl methyl sites for hydroxylation is 1. The van der Waals surface area contributed by atoms with Gasteiger partial charge in [-0.3, -0.25) is 9.69 Å². The minimum Gasteiger partial charge on any atom is -0.480 e. The number of benzene rings is 1. The third-order valence-electron chi connectivity index (χ3n) is 4.33. The minimum atomic E-state index is -1.03. The molecule has 1 unspecified atom stereocenters. The van der Waals surface area contributed by atoms with Gasteiger partial charge in [0.1, 0.15) is 16.2 Å². The number of carbonyl (C=O) groups excluding carboxylic acids is 1. The number of thiocarbonyl (C=S) groups is 1. The van der Waals surface area contributed by atoms with Gasteiger partial charge in [-0.1, -0.05) is 55.9 Å². The van der Waals surface area contributed by atoms with Crippen molar-refractivity contribution in [3.8, 4) is 0 Å². The van der Waals surface area contributed by atoms with Crippen molar-refractivity contribution in [2.45, 2.75) is 32.2 Å². The molecule has 136 valence electrons. The number of carbonyl (C=O) groups is 2. The van der Waals surface area contributed by atoms with Gasteiger partial charge in [0.05, 0.1) is 15.9 Å². The van der Waals surface area contributed by atoms with Crippen LogP contribution in [0, 0.1) is 0 Å². The quantitative estimate of drug-likeness (QED) is 0.603. The highest BCUT2D eigenvalue weighted by atomic mass is 32.2. The summed E-state index contributed by atoms with van der Waals surface area (Å²) in [6.07, 6.45) is 3.64. The van der Waals surface area contributed by atoms with Gasteiger partial charge in [0.2, 0.25) is 0 Å². The molecule has 0 spiro atoms. The second-order valence-corrected chi connectivity index (χ2v) is 7.74. The molecule has 1 saturated heterocycles. The summed E-state index contributed by atoms with van der Waals surface area (Å²) in [6, 6.07) is 6.77. The molecule has 1 amide bonds. The van der Waals surface area contributed by atoms with Gasteiger partial charge < -0.3 is 9.67 Å². The lowest BCUT2D eigenvalue weighted by atomic mass is 10.1. The maximum Gasteiger partial charge on any atom is 0.326 e. The molecule has 8 heteroatoms. The molecule has 2 aromatic rings.